The molecule has 132 valence electrons. The van der Waals surface area contributed by atoms with E-state index in [1.807, 2.05) is 0 Å². The molecule has 1 N–H and O–H groups in total. The number of halogens is 3. The number of aromatic carboxylic acids is 1. The number of rotatable bonds is 4. The minimum absolute atomic E-state index is 0.00830. The molecule has 1 heterocycles. The molecule has 0 aliphatic rings. The first kappa shape index (κ1) is 18.7. The number of carboxylic acids is 1. The Morgan fingerprint density at radius 3 is 2.23 bits per heavy atom. The zero-order valence-electron chi connectivity index (χ0n) is 12.8. The highest BCUT2D eigenvalue weighted by molar-refractivity contribution is 7.17. The Hall–Kier alpha value is -2.12. The summed E-state index contributed by atoms with van der Waals surface area (Å²) in [5.74, 6) is -1.60. The molecule has 9 heteroatoms. The van der Waals surface area contributed by atoms with Crippen molar-refractivity contribution in [2.45, 2.75) is 0 Å². The van der Waals surface area contributed by atoms with Crippen LogP contribution in [0.1, 0.15) is 20.0 Å². The lowest BCUT2D eigenvalue weighted by molar-refractivity contribution is 0.0701. The highest BCUT2D eigenvalue weighted by Crippen LogP contribution is 2.33. The summed E-state index contributed by atoms with van der Waals surface area (Å²) in [6.07, 6.45) is 1.20. The molecule has 0 aliphatic heterocycles. The second-order valence-corrected chi connectivity index (χ2v) is 7.34. The number of hydrogen-bond donors (Lipinski definition) is 1. The highest BCUT2D eigenvalue weighted by Gasteiger charge is 2.25. The monoisotopic (exact) mass is 426 g/mol. The second-order valence-electron chi connectivity index (χ2n) is 5.05. The van der Waals surface area contributed by atoms with Gasteiger partial charge in [-0.1, -0.05) is 46.1 Å². The third-order valence-electron chi connectivity index (χ3n) is 3.35. The standard InChI is InChI=1S/C17H9Cl3N2O3S/c18-9-1-4-11(5-2-9)22(17-21-8-14(26-17)16(24)25)15(23)12-6-3-10(19)7-13(12)20/h1-8H,(H,24,25). The maximum Gasteiger partial charge on any atom is 0.347 e. The number of benzene rings is 2. The number of carbonyl (C=O) groups excluding carboxylic acids is 1. The number of carboxylic acid groups (broad SMARTS) is 1. The van der Waals surface area contributed by atoms with Gasteiger partial charge in [-0.15, -0.1) is 0 Å². The lowest BCUT2D eigenvalue weighted by Gasteiger charge is -2.20. The van der Waals surface area contributed by atoms with E-state index in [0.29, 0.717) is 15.7 Å². The molecule has 0 bridgehead atoms. The molecule has 0 unspecified atom stereocenters. The normalized spacial score (nSPS) is 10.6. The highest BCUT2D eigenvalue weighted by atomic mass is 35.5. The third-order valence-corrected chi connectivity index (χ3v) is 5.12. The van der Waals surface area contributed by atoms with E-state index in [9.17, 15) is 9.59 Å². The molecule has 2 aromatic carbocycles. The van der Waals surface area contributed by atoms with Crippen molar-refractivity contribution >= 4 is 68.8 Å². The minimum atomic E-state index is -1.12. The van der Waals surface area contributed by atoms with Crippen molar-refractivity contribution in [3.8, 4) is 0 Å². The van der Waals surface area contributed by atoms with Gasteiger partial charge < -0.3 is 5.11 Å². The molecule has 3 rings (SSSR count). The van der Waals surface area contributed by atoms with Crippen molar-refractivity contribution in [3.05, 3.63) is 74.2 Å². The number of hydrogen-bond acceptors (Lipinski definition) is 4. The van der Waals surface area contributed by atoms with Gasteiger partial charge in [0.05, 0.1) is 22.5 Å². The van der Waals surface area contributed by atoms with Crippen molar-refractivity contribution in [2.24, 2.45) is 0 Å². The van der Waals surface area contributed by atoms with Crippen LogP contribution in [0.3, 0.4) is 0 Å². The van der Waals surface area contributed by atoms with E-state index in [4.69, 9.17) is 39.9 Å². The largest absolute Gasteiger partial charge is 0.477 e. The Labute approximate surface area is 167 Å². The average Bonchev–Trinajstić information content (AvgIpc) is 3.06. The number of carbonyl (C=O) groups is 2. The van der Waals surface area contributed by atoms with Crippen LogP contribution in [0.25, 0.3) is 0 Å². The van der Waals surface area contributed by atoms with E-state index in [2.05, 4.69) is 4.98 Å². The molecule has 26 heavy (non-hydrogen) atoms. The molecular formula is C17H9Cl3N2O3S. The van der Waals surface area contributed by atoms with Crippen LogP contribution >= 0.6 is 46.1 Å². The van der Waals surface area contributed by atoms with Crippen molar-refractivity contribution in [1.29, 1.82) is 0 Å². The Kier molecular flexibility index (Phi) is 5.48. The number of amides is 1. The van der Waals surface area contributed by atoms with Gasteiger partial charge in [0.2, 0.25) is 0 Å². The Bertz CT molecular complexity index is 989. The van der Waals surface area contributed by atoms with Gasteiger partial charge in [-0.2, -0.15) is 0 Å². The van der Waals surface area contributed by atoms with E-state index < -0.39 is 11.9 Å². The topological polar surface area (TPSA) is 70.5 Å². The summed E-state index contributed by atoms with van der Waals surface area (Å²) in [7, 11) is 0. The molecule has 1 aromatic heterocycles. The maximum atomic E-state index is 13.1. The lowest BCUT2D eigenvalue weighted by Crippen LogP contribution is -2.26. The lowest BCUT2D eigenvalue weighted by atomic mass is 10.2. The Morgan fingerprint density at radius 1 is 1.00 bits per heavy atom. The van der Waals surface area contributed by atoms with Gasteiger partial charge in [0, 0.05) is 10.0 Å². The Morgan fingerprint density at radius 2 is 1.65 bits per heavy atom. The quantitative estimate of drug-likeness (QED) is 0.573. The van der Waals surface area contributed by atoms with E-state index in [0.717, 1.165) is 11.3 Å². The number of nitrogens with zero attached hydrogens (tertiary/aromatic N) is 2. The minimum Gasteiger partial charge on any atom is -0.477 e. The van der Waals surface area contributed by atoms with Gasteiger partial charge in [-0.05, 0) is 42.5 Å². The van der Waals surface area contributed by atoms with Gasteiger partial charge >= 0.3 is 5.97 Å². The van der Waals surface area contributed by atoms with Crippen molar-refractivity contribution < 1.29 is 14.7 Å². The summed E-state index contributed by atoms with van der Waals surface area (Å²) in [5.41, 5.74) is 0.676. The average molecular weight is 428 g/mol. The van der Waals surface area contributed by atoms with Gasteiger partial charge in [-0.25, -0.2) is 9.78 Å². The maximum absolute atomic E-state index is 13.1. The van der Waals surface area contributed by atoms with Gasteiger partial charge in [0.1, 0.15) is 4.88 Å². The van der Waals surface area contributed by atoms with Crippen LogP contribution in [-0.2, 0) is 0 Å². The molecule has 0 aliphatic carbocycles. The predicted molar refractivity (Wildman–Crippen MR) is 103 cm³/mol. The fraction of sp³-hybridized carbons (Fsp3) is 0. The molecule has 0 saturated heterocycles. The SMILES string of the molecule is O=C(O)c1cnc(N(C(=O)c2ccc(Cl)cc2Cl)c2ccc(Cl)cc2)s1. The van der Waals surface area contributed by atoms with Crippen LogP contribution < -0.4 is 4.90 Å². The Balaban J connectivity index is 2.11. The molecular weight excluding hydrogens is 419 g/mol. The van der Waals surface area contributed by atoms with Crippen molar-refractivity contribution in [1.82, 2.24) is 4.98 Å². The van der Waals surface area contributed by atoms with Crippen LogP contribution in [0.5, 0.6) is 0 Å². The van der Waals surface area contributed by atoms with Crippen LogP contribution in [0.2, 0.25) is 15.1 Å². The van der Waals surface area contributed by atoms with E-state index >= 15 is 0 Å². The molecule has 5 nitrogen and oxygen atoms in total. The second kappa shape index (κ2) is 7.63. The summed E-state index contributed by atoms with van der Waals surface area (Å²) in [4.78, 5) is 29.6. The predicted octanol–water partition coefficient (Wildman–Crippen LogP) is 5.78. The van der Waals surface area contributed by atoms with Crippen LogP contribution in [0, 0.1) is 0 Å². The molecule has 3 aromatic rings. The third kappa shape index (κ3) is 3.83. The summed E-state index contributed by atoms with van der Waals surface area (Å²) in [5, 5.41) is 10.4. The molecule has 0 atom stereocenters. The smallest absolute Gasteiger partial charge is 0.347 e. The first-order valence-corrected chi connectivity index (χ1v) is 9.06. The molecule has 0 fully saturated rings. The molecule has 1 amide bonds. The first-order chi connectivity index (χ1) is 12.4. The van der Waals surface area contributed by atoms with E-state index in [1.165, 1.54) is 23.2 Å². The van der Waals surface area contributed by atoms with Gasteiger partial charge in [-0.3, -0.25) is 9.69 Å². The molecule has 0 spiro atoms. The van der Waals surface area contributed by atoms with Crippen LogP contribution in [0.4, 0.5) is 10.8 Å². The first-order valence-electron chi connectivity index (χ1n) is 7.11. The number of thiazole rings is 1. The fourth-order valence-electron chi connectivity index (χ4n) is 2.16. The van der Waals surface area contributed by atoms with Gasteiger partial charge in [0.25, 0.3) is 5.91 Å². The molecule has 0 radical (unpaired) electrons. The molecule has 0 saturated carbocycles. The van der Waals surface area contributed by atoms with E-state index in [1.54, 1.807) is 30.3 Å². The zero-order valence-corrected chi connectivity index (χ0v) is 15.9. The summed E-state index contributed by atoms with van der Waals surface area (Å²) in [6, 6.07) is 11.0. The number of anilines is 2. The van der Waals surface area contributed by atoms with Crippen LogP contribution in [0.15, 0.2) is 48.7 Å². The van der Waals surface area contributed by atoms with Crippen molar-refractivity contribution in [3.63, 3.8) is 0 Å². The van der Waals surface area contributed by atoms with Crippen molar-refractivity contribution in [2.75, 3.05) is 4.90 Å². The van der Waals surface area contributed by atoms with Crippen LogP contribution in [-0.4, -0.2) is 22.0 Å². The zero-order chi connectivity index (χ0) is 18.8. The van der Waals surface area contributed by atoms with E-state index in [-0.39, 0.29) is 20.6 Å². The summed E-state index contributed by atoms with van der Waals surface area (Å²) >= 11 is 18.8. The van der Waals surface area contributed by atoms with Gasteiger partial charge in [0.15, 0.2) is 5.13 Å². The summed E-state index contributed by atoms with van der Waals surface area (Å²) < 4.78 is 0. The number of aromatic nitrogens is 1. The fourth-order valence-corrected chi connectivity index (χ4v) is 3.54. The summed E-state index contributed by atoms with van der Waals surface area (Å²) in [6.45, 7) is 0.